The van der Waals surface area contributed by atoms with Crippen LogP contribution in [0.5, 0.6) is 0 Å². The summed E-state index contributed by atoms with van der Waals surface area (Å²) in [6.07, 6.45) is -7.52. The van der Waals surface area contributed by atoms with E-state index >= 15 is 0 Å². The van der Waals surface area contributed by atoms with Gasteiger partial charge in [-0.25, -0.2) is 18.9 Å². The van der Waals surface area contributed by atoms with Crippen molar-refractivity contribution in [2.24, 2.45) is 0 Å². The summed E-state index contributed by atoms with van der Waals surface area (Å²) in [5.74, 6) is -0.572. The molecule has 0 amide bonds. The van der Waals surface area contributed by atoms with Crippen molar-refractivity contribution in [1.82, 2.24) is 23.9 Å². The first-order valence-electron chi connectivity index (χ1n) is 10.7. The summed E-state index contributed by atoms with van der Waals surface area (Å²) in [5, 5.41) is 24.0. The second-order valence-corrected chi connectivity index (χ2v) is 9.02. The van der Waals surface area contributed by atoms with Gasteiger partial charge >= 0.3 is 11.9 Å². The van der Waals surface area contributed by atoms with Crippen molar-refractivity contribution in [3.8, 4) is 16.9 Å². The molecule has 196 valence electrons. The second kappa shape index (κ2) is 10.3. The quantitative estimate of drug-likeness (QED) is 0.328. The normalized spacial score (nSPS) is 13.6. The fourth-order valence-corrected chi connectivity index (χ4v) is 3.87. The fraction of sp³-hybridized carbons (Fsp3) is 0.261. The number of alkyl halides is 3. The first kappa shape index (κ1) is 26.9. The smallest absolute Gasteiger partial charge is 0.385 e. The van der Waals surface area contributed by atoms with Gasteiger partial charge in [-0.15, -0.1) is 5.10 Å². The van der Waals surface area contributed by atoms with Gasteiger partial charge in [-0.2, -0.15) is 13.2 Å². The Morgan fingerprint density at radius 3 is 2.35 bits per heavy atom. The van der Waals surface area contributed by atoms with Gasteiger partial charge in [-0.3, -0.25) is 9.13 Å². The van der Waals surface area contributed by atoms with E-state index in [-0.39, 0.29) is 34.6 Å². The summed E-state index contributed by atoms with van der Waals surface area (Å²) in [5.41, 5.74) is -0.111. The summed E-state index contributed by atoms with van der Waals surface area (Å²) in [7, 11) is 0. The largest absolute Gasteiger partial charge is 0.416 e. The van der Waals surface area contributed by atoms with Gasteiger partial charge in [0, 0.05) is 11.2 Å². The Labute approximate surface area is 216 Å². The molecular weight excluding hydrogens is 541 g/mol. The van der Waals surface area contributed by atoms with Gasteiger partial charge in [0.05, 0.1) is 29.5 Å². The molecule has 0 bridgehead atoms. The second-order valence-electron chi connectivity index (χ2n) is 8.17. The molecule has 4 aromatic rings. The van der Waals surface area contributed by atoms with E-state index in [0.29, 0.717) is 10.6 Å². The fourth-order valence-electron chi connectivity index (χ4n) is 3.57. The third kappa shape index (κ3) is 5.72. The number of halogens is 6. The summed E-state index contributed by atoms with van der Waals surface area (Å²) in [6.45, 7) is 0.0800. The van der Waals surface area contributed by atoms with Crippen LogP contribution < -0.4 is 5.69 Å². The number of benzene rings is 2. The van der Waals surface area contributed by atoms with Crippen LogP contribution in [0.2, 0.25) is 10.0 Å². The molecule has 2 aromatic heterocycles. The Morgan fingerprint density at radius 2 is 1.76 bits per heavy atom. The van der Waals surface area contributed by atoms with Crippen LogP contribution in [-0.4, -0.2) is 46.4 Å². The Hall–Kier alpha value is -3.19. The van der Waals surface area contributed by atoms with Crippen LogP contribution in [0.3, 0.4) is 0 Å². The predicted molar refractivity (Wildman–Crippen MR) is 127 cm³/mol. The molecule has 2 heterocycles. The molecule has 0 spiro atoms. The summed E-state index contributed by atoms with van der Waals surface area (Å²) in [6, 6.07) is 9.79. The van der Waals surface area contributed by atoms with E-state index in [4.69, 9.17) is 23.2 Å². The molecule has 2 aromatic carbocycles. The average molecular weight is 560 g/mol. The summed E-state index contributed by atoms with van der Waals surface area (Å²) in [4.78, 5) is 17.5. The van der Waals surface area contributed by atoms with Crippen LogP contribution in [0.15, 0.2) is 53.5 Å². The number of aromatic nitrogens is 5. The molecule has 0 fully saturated rings. The minimum Gasteiger partial charge on any atom is -0.385 e. The molecule has 2 atom stereocenters. The lowest BCUT2D eigenvalue weighted by Gasteiger charge is -2.16. The minimum atomic E-state index is -4.95. The monoisotopic (exact) mass is 559 g/mol. The molecule has 4 rings (SSSR count). The highest BCUT2D eigenvalue weighted by Gasteiger charge is 2.39. The lowest BCUT2D eigenvalue weighted by molar-refractivity contribution is -0.207. The van der Waals surface area contributed by atoms with Crippen LogP contribution in [0.25, 0.3) is 16.9 Å². The Kier molecular flexibility index (Phi) is 7.47. The zero-order valence-electron chi connectivity index (χ0n) is 19.0. The molecule has 2 N–H and O–H groups in total. The lowest BCUT2D eigenvalue weighted by atomic mass is 10.1. The van der Waals surface area contributed by atoms with E-state index < -0.39 is 36.4 Å². The van der Waals surface area contributed by atoms with E-state index in [1.54, 1.807) is 0 Å². The van der Waals surface area contributed by atoms with Crippen LogP contribution in [-0.2, 0) is 13.1 Å². The Morgan fingerprint density at radius 1 is 1.08 bits per heavy atom. The third-order valence-corrected chi connectivity index (χ3v) is 5.98. The van der Waals surface area contributed by atoms with Crippen molar-refractivity contribution in [2.45, 2.75) is 38.4 Å². The van der Waals surface area contributed by atoms with E-state index in [1.165, 1.54) is 54.2 Å². The van der Waals surface area contributed by atoms with Crippen LogP contribution in [0, 0.1) is 5.82 Å². The lowest BCUT2D eigenvalue weighted by Crippen LogP contribution is -2.37. The van der Waals surface area contributed by atoms with Crippen molar-refractivity contribution < 1.29 is 27.8 Å². The van der Waals surface area contributed by atoms with E-state index in [1.807, 2.05) is 0 Å². The predicted octanol–water partition coefficient (Wildman–Crippen LogP) is 4.37. The van der Waals surface area contributed by atoms with Crippen LogP contribution in [0.4, 0.5) is 17.6 Å². The zero-order valence-corrected chi connectivity index (χ0v) is 20.5. The molecule has 0 saturated carbocycles. The molecule has 0 aliphatic heterocycles. The molecule has 37 heavy (non-hydrogen) atoms. The topological polar surface area (TPSA) is 98.1 Å². The van der Waals surface area contributed by atoms with E-state index in [0.717, 1.165) is 15.2 Å². The van der Waals surface area contributed by atoms with Gasteiger partial charge in [0.1, 0.15) is 11.9 Å². The zero-order chi connectivity index (χ0) is 27.1. The maximum absolute atomic E-state index is 13.7. The molecule has 0 aliphatic carbocycles. The van der Waals surface area contributed by atoms with Gasteiger partial charge in [0.25, 0.3) is 0 Å². The maximum Gasteiger partial charge on any atom is 0.416 e. The van der Waals surface area contributed by atoms with Gasteiger partial charge < -0.3 is 10.2 Å². The number of imidazole rings is 1. The minimum absolute atomic E-state index is 0.00616. The highest BCUT2D eigenvalue weighted by Crippen LogP contribution is 2.26. The number of aliphatic hydroxyl groups excluding tert-OH is 2. The Bertz CT molecular complexity index is 1480. The van der Waals surface area contributed by atoms with Gasteiger partial charge in [-0.05, 0) is 42.8 Å². The molecule has 0 saturated heterocycles. The van der Waals surface area contributed by atoms with E-state index in [2.05, 4.69) is 10.1 Å². The van der Waals surface area contributed by atoms with E-state index in [9.17, 15) is 32.6 Å². The number of nitrogens with zero attached hydrogens (tertiary/aromatic N) is 5. The van der Waals surface area contributed by atoms with Crippen molar-refractivity contribution >= 4 is 23.2 Å². The molecular formula is C23H19Cl2F4N5O3. The average Bonchev–Trinajstić information content (AvgIpc) is 3.38. The highest BCUT2D eigenvalue weighted by molar-refractivity contribution is 6.31. The number of rotatable bonds is 7. The summed E-state index contributed by atoms with van der Waals surface area (Å²) < 4.78 is 56.2. The first-order chi connectivity index (χ1) is 17.3. The molecule has 0 unspecified atom stereocenters. The molecule has 8 nitrogen and oxygen atoms in total. The van der Waals surface area contributed by atoms with Crippen LogP contribution >= 0.6 is 23.2 Å². The molecule has 0 aliphatic rings. The SMILES string of the molecule is C[C@H](O)c1nc(Cn2cc(-c3ccc(Cl)cc3)n(C[C@H](O)C(F)(F)F)c2=O)n(-c2ccc(F)c(Cl)c2)n1. The third-order valence-electron chi connectivity index (χ3n) is 5.44. The first-order valence-corrected chi connectivity index (χ1v) is 11.5. The number of aliphatic hydroxyl groups is 2. The molecule has 0 radical (unpaired) electrons. The molecule has 14 heteroatoms. The van der Waals surface area contributed by atoms with Crippen molar-refractivity contribution in [3.63, 3.8) is 0 Å². The maximum atomic E-state index is 13.7. The van der Waals surface area contributed by atoms with Crippen molar-refractivity contribution in [1.29, 1.82) is 0 Å². The summed E-state index contributed by atoms with van der Waals surface area (Å²) >= 11 is 11.8. The Balaban J connectivity index is 1.82. The van der Waals surface area contributed by atoms with Gasteiger partial charge in [0.2, 0.25) is 0 Å². The van der Waals surface area contributed by atoms with Gasteiger partial charge in [-0.1, -0.05) is 35.3 Å². The van der Waals surface area contributed by atoms with Crippen molar-refractivity contribution in [2.75, 3.05) is 0 Å². The van der Waals surface area contributed by atoms with Crippen molar-refractivity contribution in [3.05, 3.63) is 86.7 Å². The highest BCUT2D eigenvalue weighted by atomic mass is 35.5. The standard InChI is InChI=1S/C23H19Cl2F4N5O3/c1-12(35)21-30-20(34(31-21)15-6-7-17(26)16(25)8-15)11-32-9-18(13-2-4-14(24)5-3-13)33(22(32)37)10-19(36)23(27,28)29/h2-9,12,19,35-36H,10-11H2,1H3/t12-,19-/m0/s1. The number of hydrogen-bond acceptors (Lipinski definition) is 5. The van der Waals surface area contributed by atoms with Crippen LogP contribution in [0.1, 0.15) is 24.7 Å². The number of hydrogen-bond donors (Lipinski definition) is 2. The van der Waals surface area contributed by atoms with Gasteiger partial charge in [0.15, 0.2) is 17.8 Å².